The molecule has 5 heteroatoms. The van der Waals surface area contributed by atoms with Crippen LogP contribution in [0.5, 0.6) is 0 Å². The van der Waals surface area contributed by atoms with Crippen molar-refractivity contribution in [3.05, 3.63) is 77.2 Å². The third-order valence-electron chi connectivity index (χ3n) is 6.30. The zero-order valence-electron chi connectivity index (χ0n) is 16.9. The molecule has 2 aliphatic rings. The van der Waals surface area contributed by atoms with Crippen molar-refractivity contribution in [1.29, 1.82) is 0 Å². The van der Waals surface area contributed by atoms with Crippen LogP contribution in [0.4, 0.5) is 0 Å². The number of nitrogens with zero attached hydrogens (tertiary/aromatic N) is 2. The summed E-state index contributed by atoms with van der Waals surface area (Å²) in [6.07, 6.45) is 3.34. The van der Waals surface area contributed by atoms with Gasteiger partial charge < -0.3 is 15.5 Å². The highest BCUT2D eigenvalue weighted by Crippen LogP contribution is 2.32. The van der Waals surface area contributed by atoms with Gasteiger partial charge in [0.2, 0.25) is 5.91 Å². The molecule has 0 aromatic heterocycles. The summed E-state index contributed by atoms with van der Waals surface area (Å²) in [5, 5.41) is 0. The molecule has 151 valence electrons. The molecule has 0 spiro atoms. The van der Waals surface area contributed by atoms with E-state index in [1.807, 2.05) is 11.0 Å². The molecule has 0 bridgehead atoms. The standard InChI is InChI=1S/C24H28N3O2/c1-17-21(23(25)28)10-5-11-22(17)24(29)27-15-19-13-26(14-20(19)16-27)12-6-9-18-7-3-2-4-8-18/h2-5,7-11,19-20H,6,12-16H2,1H3,(H2,25,28)/t19-,20?/m0/s1. The number of carbonyl (C=O) groups is 2. The maximum Gasteiger partial charge on any atom is 0.254 e. The van der Waals surface area contributed by atoms with E-state index in [2.05, 4.69) is 35.6 Å². The van der Waals surface area contributed by atoms with Gasteiger partial charge in [-0.2, -0.15) is 0 Å². The lowest BCUT2D eigenvalue weighted by atomic mass is 10.0. The van der Waals surface area contributed by atoms with Crippen LogP contribution in [-0.2, 0) is 0 Å². The van der Waals surface area contributed by atoms with E-state index < -0.39 is 5.91 Å². The van der Waals surface area contributed by atoms with Gasteiger partial charge in [0.05, 0.1) is 0 Å². The molecule has 2 aliphatic heterocycles. The zero-order chi connectivity index (χ0) is 20.4. The lowest BCUT2D eigenvalue weighted by Gasteiger charge is -2.22. The molecule has 5 nitrogen and oxygen atoms in total. The number of rotatable bonds is 6. The zero-order valence-corrected chi connectivity index (χ0v) is 16.9. The number of likely N-dealkylation sites (tertiary alicyclic amines) is 2. The van der Waals surface area contributed by atoms with Crippen molar-refractivity contribution in [2.24, 2.45) is 17.6 Å². The van der Waals surface area contributed by atoms with Gasteiger partial charge in [-0.05, 0) is 61.4 Å². The molecular formula is C24H28N3O2. The summed E-state index contributed by atoms with van der Waals surface area (Å²) in [6.45, 7) is 6.56. The molecule has 0 aliphatic carbocycles. The molecule has 2 atom stereocenters. The molecule has 0 saturated carbocycles. The van der Waals surface area contributed by atoms with Gasteiger partial charge in [0, 0.05) is 37.3 Å². The third-order valence-corrected chi connectivity index (χ3v) is 6.30. The molecule has 2 aromatic rings. The second-order valence-electron chi connectivity index (χ2n) is 8.24. The number of amides is 2. The minimum atomic E-state index is -0.488. The first kappa shape index (κ1) is 19.6. The molecule has 1 radical (unpaired) electrons. The van der Waals surface area contributed by atoms with Crippen molar-refractivity contribution < 1.29 is 9.59 Å². The average Bonchev–Trinajstić information content (AvgIpc) is 3.27. The predicted molar refractivity (Wildman–Crippen MR) is 113 cm³/mol. The smallest absolute Gasteiger partial charge is 0.254 e. The maximum atomic E-state index is 13.0. The summed E-state index contributed by atoms with van der Waals surface area (Å²) in [5.74, 6) is 0.605. The van der Waals surface area contributed by atoms with E-state index in [4.69, 9.17) is 5.73 Å². The van der Waals surface area contributed by atoms with Gasteiger partial charge in [-0.1, -0.05) is 36.4 Å². The average molecular weight is 391 g/mol. The van der Waals surface area contributed by atoms with E-state index in [9.17, 15) is 9.59 Å². The van der Waals surface area contributed by atoms with Gasteiger partial charge in [-0.15, -0.1) is 0 Å². The Bertz CT molecular complexity index is 882. The quantitative estimate of drug-likeness (QED) is 0.825. The molecule has 4 rings (SSSR count). The van der Waals surface area contributed by atoms with E-state index in [1.54, 1.807) is 25.1 Å². The Kier molecular flexibility index (Phi) is 5.67. The van der Waals surface area contributed by atoms with E-state index in [-0.39, 0.29) is 5.91 Å². The number of hydrogen-bond acceptors (Lipinski definition) is 3. The van der Waals surface area contributed by atoms with E-state index >= 15 is 0 Å². The number of carbonyl (C=O) groups excluding carboxylic acids is 2. The van der Waals surface area contributed by atoms with E-state index in [1.165, 1.54) is 5.56 Å². The predicted octanol–water partition coefficient (Wildman–Crippen LogP) is 2.74. The van der Waals surface area contributed by atoms with Crippen LogP contribution in [0.1, 0.15) is 38.3 Å². The molecule has 2 amide bonds. The molecule has 2 heterocycles. The number of fused-ring (bicyclic) bond motifs is 1. The van der Waals surface area contributed by atoms with Crippen molar-refractivity contribution in [3.63, 3.8) is 0 Å². The molecule has 1 unspecified atom stereocenters. The number of hydrogen-bond donors (Lipinski definition) is 1. The highest BCUT2D eigenvalue weighted by atomic mass is 16.2. The molecule has 2 fully saturated rings. The monoisotopic (exact) mass is 390 g/mol. The molecular weight excluding hydrogens is 362 g/mol. The first-order valence-electron chi connectivity index (χ1n) is 10.3. The fourth-order valence-electron chi connectivity index (χ4n) is 4.75. The minimum absolute atomic E-state index is 0.0176. The first-order valence-corrected chi connectivity index (χ1v) is 10.3. The molecule has 2 aromatic carbocycles. The Morgan fingerprint density at radius 1 is 0.966 bits per heavy atom. The summed E-state index contributed by atoms with van der Waals surface area (Å²) in [5.41, 5.74) is 8.41. The van der Waals surface area contributed by atoms with Crippen LogP contribution in [0.25, 0.3) is 0 Å². The topological polar surface area (TPSA) is 66.6 Å². The largest absolute Gasteiger partial charge is 0.366 e. The second kappa shape index (κ2) is 8.37. The maximum absolute atomic E-state index is 13.0. The minimum Gasteiger partial charge on any atom is -0.366 e. The Morgan fingerprint density at radius 2 is 1.62 bits per heavy atom. The van der Waals surface area contributed by atoms with Crippen molar-refractivity contribution >= 4 is 11.8 Å². The highest BCUT2D eigenvalue weighted by molar-refractivity contribution is 6.01. The van der Waals surface area contributed by atoms with Gasteiger partial charge >= 0.3 is 0 Å². The summed E-state index contributed by atoms with van der Waals surface area (Å²) in [4.78, 5) is 29.1. The molecule has 29 heavy (non-hydrogen) atoms. The Balaban J connectivity index is 1.31. The number of primary amides is 1. The van der Waals surface area contributed by atoms with Crippen LogP contribution < -0.4 is 5.73 Å². The Labute approximate surface area is 172 Å². The van der Waals surface area contributed by atoms with Crippen molar-refractivity contribution in [3.8, 4) is 0 Å². The van der Waals surface area contributed by atoms with Gasteiger partial charge in [-0.3, -0.25) is 9.59 Å². The van der Waals surface area contributed by atoms with Crippen LogP contribution in [-0.4, -0.2) is 54.3 Å². The fraction of sp³-hybridized carbons (Fsp3) is 0.375. The van der Waals surface area contributed by atoms with Crippen molar-refractivity contribution in [2.75, 3.05) is 32.7 Å². The second-order valence-corrected chi connectivity index (χ2v) is 8.24. The van der Waals surface area contributed by atoms with Gasteiger partial charge in [0.1, 0.15) is 0 Å². The SMILES string of the molecule is Cc1c(C(N)=O)cccc1C(=O)N1CC2CN(CC[CH]c3ccccc3)C[C@H]2C1. The highest BCUT2D eigenvalue weighted by Gasteiger charge is 2.41. The number of nitrogens with two attached hydrogens (primary N) is 1. The lowest BCUT2D eigenvalue weighted by molar-refractivity contribution is 0.0773. The van der Waals surface area contributed by atoms with Crippen LogP contribution in [0.2, 0.25) is 0 Å². The molecule has 2 N–H and O–H groups in total. The first-order chi connectivity index (χ1) is 14.0. The van der Waals surface area contributed by atoms with E-state index in [0.29, 0.717) is 28.5 Å². The summed E-state index contributed by atoms with van der Waals surface area (Å²) in [6, 6.07) is 15.7. The third kappa shape index (κ3) is 4.20. The van der Waals surface area contributed by atoms with Crippen LogP contribution >= 0.6 is 0 Å². The van der Waals surface area contributed by atoms with Crippen molar-refractivity contribution in [1.82, 2.24) is 9.80 Å². The van der Waals surface area contributed by atoms with E-state index in [0.717, 1.165) is 39.1 Å². The van der Waals surface area contributed by atoms with Crippen LogP contribution in [0.3, 0.4) is 0 Å². The summed E-state index contributed by atoms with van der Waals surface area (Å²) >= 11 is 0. The normalized spacial score (nSPS) is 21.3. The van der Waals surface area contributed by atoms with Gasteiger partial charge in [-0.25, -0.2) is 0 Å². The Hall–Kier alpha value is -2.66. The fourth-order valence-corrected chi connectivity index (χ4v) is 4.75. The lowest BCUT2D eigenvalue weighted by Crippen LogP contribution is -2.34. The van der Waals surface area contributed by atoms with Crippen LogP contribution in [0.15, 0.2) is 48.5 Å². The van der Waals surface area contributed by atoms with Crippen LogP contribution in [0, 0.1) is 25.2 Å². The summed E-state index contributed by atoms with van der Waals surface area (Å²) < 4.78 is 0. The molecule has 2 saturated heterocycles. The Morgan fingerprint density at radius 3 is 2.28 bits per heavy atom. The van der Waals surface area contributed by atoms with Gasteiger partial charge in [0.15, 0.2) is 0 Å². The van der Waals surface area contributed by atoms with Gasteiger partial charge in [0.25, 0.3) is 5.91 Å². The summed E-state index contributed by atoms with van der Waals surface area (Å²) in [7, 11) is 0. The van der Waals surface area contributed by atoms with Crippen molar-refractivity contribution in [2.45, 2.75) is 13.3 Å². The number of benzene rings is 2.